The Hall–Kier alpha value is -3.26. The summed E-state index contributed by atoms with van der Waals surface area (Å²) in [6.45, 7) is 3.44. The van der Waals surface area contributed by atoms with Crippen molar-refractivity contribution in [3.05, 3.63) is 66.2 Å². The average Bonchev–Trinajstić information content (AvgIpc) is 3.03. The lowest BCUT2D eigenvalue weighted by Crippen LogP contribution is -2.07. The third-order valence-corrected chi connectivity index (χ3v) is 6.33. The van der Waals surface area contributed by atoms with E-state index in [1.807, 2.05) is 6.07 Å². The summed E-state index contributed by atoms with van der Waals surface area (Å²) < 4.78 is 28.0. The zero-order valence-corrected chi connectivity index (χ0v) is 15.6. The van der Waals surface area contributed by atoms with Crippen LogP contribution in [-0.4, -0.2) is 28.0 Å². The maximum atomic E-state index is 13.2. The van der Waals surface area contributed by atoms with Crippen molar-refractivity contribution in [1.82, 2.24) is 19.6 Å². The fraction of sp³-hybridized carbons (Fsp3) is 0.105. The minimum absolute atomic E-state index is 0.0851. The van der Waals surface area contributed by atoms with E-state index >= 15 is 0 Å². The third-order valence-electron chi connectivity index (χ3n) is 4.42. The van der Waals surface area contributed by atoms with Gasteiger partial charge in [0.15, 0.2) is 5.65 Å². The minimum Gasteiger partial charge on any atom is -0.395 e. The Bertz CT molecular complexity index is 1250. The Morgan fingerprint density at radius 2 is 1.78 bits per heavy atom. The molecular formula is C19H17N5O2S. The molecule has 0 aliphatic rings. The van der Waals surface area contributed by atoms with Crippen LogP contribution < -0.4 is 5.73 Å². The first-order valence-electron chi connectivity index (χ1n) is 8.27. The van der Waals surface area contributed by atoms with Crippen molar-refractivity contribution >= 4 is 21.2 Å². The number of sulfone groups is 1. The smallest absolute Gasteiger partial charge is 0.212 e. The summed E-state index contributed by atoms with van der Waals surface area (Å²) in [5.74, 6) is 0. The van der Waals surface area contributed by atoms with Gasteiger partial charge in [-0.2, -0.15) is 5.10 Å². The molecule has 0 amide bonds. The maximum absolute atomic E-state index is 13.2. The molecule has 0 aliphatic heterocycles. The number of rotatable bonds is 3. The van der Waals surface area contributed by atoms with Gasteiger partial charge in [-0.3, -0.25) is 4.98 Å². The van der Waals surface area contributed by atoms with Crippen molar-refractivity contribution in [1.29, 1.82) is 0 Å². The van der Waals surface area contributed by atoms with Gasteiger partial charge < -0.3 is 5.73 Å². The van der Waals surface area contributed by atoms with E-state index in [2.05, 4.69) is 15.1 Å². The lowest BCUT2D eigenvalue weighted by atomic mass is 10.1. The Morgan fingerprint density at radius 1 is 1.04 bits per heavy atom. The van der Waals surface area contributed by atoms with Crippen LogP contribution in [0.3, 0.4) is 0 Å². The van der Waals surface area contributed by atoms with Crippen LogP contribution in [0.4, 0.5) is 5.69 Å². The number of aryl methyl sites for hydroxylation is 2. The number of hydrogen-bond acceptors (Lipinski definition) is 6. The number of anilines is 1. The predicted molar refractivity (Wildman–Crippen MR) is 102 cm³/mol. The highest BCUT2D eigenvalue weighted by atomic mass is 32.2. The fourth-order valence-electron chi connectivity index (χ4n) is 3.04. The van der Waals surface area contributed by atoms with Crippen LogP contribution in [0.5, 0.6) is 0 Å². The van der Waals surface area contributed by atoms with Crippen LogP contribution >= 0.6 is 0 Å². The second kappa shape index (κ2) is 6.17. The molecule has 0 unspecified atom stereocenters. The quantitative estimate of drug-likeness (QED) is 0.587. The summed E-state index contributed by atoms with van der Waals surface area (Å²) in [6.07, 6.45) is 3.29. The monoisotopic (exact) mass is 379 g/mol. The fourth-order valence-corrected chi connectivity index (χ4v) is 4.59. The van der Waals surface area contributed by atoms with Crippen LogP contribution in [0, 0.1) is 13.8 Å². The first-order chi connectivity index (χ1) is 12.9. The summed E-state index contributed by atoms with van der Waals surface area (Å²) in [4.78, 5) is 8.96. The number of fused-ring (bicyclic) bond motifs is 1. The number of nitrogen functional groups attached to an aromatic ring is 1. The summed E-state index contributed by atoms with van der Waals surface area (Å²) in [5.41, 5.74) is 9.13. The molecule has 7 nitrogen and oxygen atoms in total. The van der Waals surface area contributed by atoms with Gasteiger partial charge in [-0.1, -0.05) is 18.2 Å². The third kappa shape index (κ3) is 2.65. The van der Waals surface area contributed by atoms with Crippen LogP contribution in [0.25, 0.3) is 16.9 Å². The first kappa shape index (κ1) is 17.2. The average molecular weight is 379 g/mol. The van der Waals surface area contributed by atoms with Crippen LogP contribution in [-0.2, 0) is 9.84 Å². The van der Waals surface area contributed by atoms with Gasteiger partial charge in [0.05, 0.1) is 27.7 Å². The van der Waals surface area contributed by atoms with Crippen molar-refractivity contribution in [3.8, 4) is 11.3 Å². The van der Waals surface area contributed by atoms with E-state index in [4.69, 9.17) is 5.73 Å². The number of benzene rings is 1. The highest BCUT2D eigenvalue weighted by molar-refractivity contribution is 7.91. The molecule has 0 spiro atoms. The Morgan fingerprint density at radius 3 is 2.44 bits per heavy atom. The normalized spacial score (nSPS) is 11.8. The number of nitrogens with two attached hydrogens (primary N) is 1. The van der Waals surface area contributed by atoms with Gasteiger partial charge in [-0.15, -0.1) is 0 Å². The molecule has 136 valence electrons. The topological polar surface area (TPSA) is 103 Å². The molecule has 0 aliphatic carbocycles. The van der Waals surface area contributed by atoms with E-state index in [-0.39, 0.29) is 15.4 Å². The van der Waals surface area contributed by atoms with Crippen molar-refractivity contribution in [2.45, 2.75) is 23.6 Å². The molecule has 27 heavy (non-hydrogen) atoms. The molecule has 1 aromatic carbocycles. The van der Waals surface area contributed by atoms with E-state index in [0.29, 0.717) is 28.3 Å². The number of aromatic nitrogens is 4. The van der Waals surface area contributed by atoms with Crippen molar-refractivity contribution in [2.75, 3.05) is 5.73 Å². The second-order valence-electron chi connectivity index (χ2n) is 6.17. The molecule has 2 N–H and O–H groups in total. The Labute approximate surface area is 156 Å². The predicted octanol–water partition coefficient (Wildman–Crippen LogP) is 2.82. The SMILES string of the molecule is Cc1nn2c(C)c(N)c(-c3cccnc3)nc2c1S(=O)(=O)c1ccccc1. The van der Waals surface area contributed by atoms with E-state index in [9.17, 15) is 8.42 Å². The molecule has 3 aromatic heterocycles. The number of hydrogen-bond donors (Lipinski definition) is 1. The summed E-state index contributed by atoms with van der Waals surface area (Å²) in [5, 5.41) is 4.38. The summed E-state index contributed by atoms with van der Waals surface area (Å²) in [6, 6.07) is 11.9. The van der Waals surface area contributed by atoms with Gasteiger partial charge in [-0.05, 0) is 38.1 Å². The lowest BCUT2D eigenvalue weighted by molar-refractivity contribution is 0.596. The van der Waals surface area contributed by atoms with Crippen LogP contribution in [0.2, 0.25) is 0 Å². The van der Waals surface area contributed by atoms with Gasteiger partial charge in [0.2, 0.25) is 9.84 Å². The molecule has 4 rings (SSSR count). The molecule has 3 heterocycles. The molecule has 8 heteroatoms. The molecule has 0 saturated carbocycles. The zero-order valence-electron chi connectivity index (χ0n) is 14.8. The number of nitrogens with zero attached hydrogens (tertiary/aromatic N) is 4. The highest BCUT2D eigenvalue weighted by Gasteiger charge is 2.28. The molecule has 0 radical (unpaired) electrons. The Kier molecular flexibility index (Phi) is 3.92. The molecule has 0 fully saturated rings. The molecule has 0 bridgehead atoms. The molecular weight excluding hydrogens is 362 g/mol. The molecule has 0 saturated heterocycles. The van der Waals surface area contributed by atoms with Crippen LogP contribution in [0.15, 0.2) is 64.6 Å². The molecule has 0 atom stereocenters. The maximum Gasteiger partial charge on any atom is 0.212 e. The van der Waals surface area contributed by atoms with Gasteiger partial charge in [0.1, 0.15) is 4.90 Å². The van der Waals surface area contributed by atoms with Gasteiger partial charge in [0.25, 0.3) is 0 Å². The minimum atomic E-state index is -3.78. The first-order valence-corrected chi connectivity index (χ1v) is 9.75. The van der Waals surface area contributed by atoms with Gasteiger partial charge >= 0.3 is 0 Å². The largest absolute Gasteiger partial charge is 0.395 e. The van der Waals surface area contributed by atoms with Crippen LogP contribution in [0.1, 0.15) is 11.4 Å². The van der Waals surface area contributed by atoms with Gasteiger partial charge in [0, 0.05) is 18.0 Å². The number of pyridine rings is 1. The van der Waals surface area contributed by atoms with E-state index < -0.39 is 9.84 Å². The summed E-state index contributed by atoms with van der Waals surface area (Å²) >= 11 is 0. The van der Waals surface area contributed by atoms with Gasteiger partial charge in [-0.25, -0.2) is 17.9 Å². The zero-order chi connectivity index (χ0) is 19.2. The van der Waals surface area contributed by atoms with E-state index in [1.54, 1.807) is 62.6 Å². The van der Waals surface area contributed by atoms with E-state index in [0.717, 1.165) is 0 Å². The summed E-state index contributed by atoms with van der Waals surface area (Å²) in [7, 11) is -3.78. The van der Waals surface area contributed by atoms with E-state index in [1.165, 1.54) is 4.52 Å². The Balaban J connectivity index is 2.06. The van der Waals surface area contributed by atoms with Crippen molar-refractivity contribution < 1.29 is 8.42 Å². The highest BCUT2D eigenvalue weighted by Crippen LogP contribution is 2.32. The molecule has 4 aromatic rings. The van der Waals surface area contributed by atoms with Crippen molar-refractivity contribution in [3.63, 3.8) is 0 Å². The lowest BCUT2D eigenvalue weighted by Gasteiger charge is -2.10. The van der Waals surface area contributed by atoms with Crippen molar-refractivity contribution in [2.24, 2.45) is 0 Å². The second-order valence-corrected chi connectivity index (χ2v) is 8.05. The standard InChI is InChI=1S/C19H17N5O2S/c1-12-18(27(25,26)15-8-4-3-5-9-15)19-22-17(14-7-6-10-21-11-14)16(20)13(2)24(19)23-12/h3-11H,20H2,1-2H3.